The Labute approximate surface area is 153 Å². The molecule has 3 rings (SSSR count). The number of nitrogens with one attached hydrogen (secondary N) is 1. The molecule has 1 saturated carbocycles. The van der Waals surface area contributed by atoms with Gasteiger partial charge < -0.3 is 20.5 Å². The van der Waals surface area contributed by atoms with Gasteiger partial charge in [0.15, 0.2) is 0 Å². The number of carbonyl (C=O) groups excluding carboxylic acids is 1. The number of methoxy groups -OCH3 is 1. The number of nitrogens with two attached hydrogens (primary N) is 1. The van der Waals surface area contributed by atoms with Crippen LogP contribution in [0.3, 0.4) is 0 Å². The van der Waals surface area contributed by atoms with E-state index in [0.717, 1.165) is 12.8 Å². The molecule has 26 heavy (non-hydrogen) atoms. The van der Waals surface area contributed by atoms with Gasteiger partial charge in [-0.1, -0.05) is 0 Å². The molecule has 1 amide bonds. The second-order valence-corrected chi connectivity index (χ2v) is 8.55. The largest absolute Gasteiger partial charge is 0.495 e. The summed E-state index contributed by atoms with van der Waals surface area (Å²) in [5.41, 5.74) is 6.30. The van der Waals surface area contributed by atoms with E-state index >= 15 is 0 Å². The summed E-state index contributed by atoms with van der Waals surface area (Å²) in [5.74, 6) is -0.0124. The van der Waals surface area contributed by atoms with Crippen LogP contribution >= 0.6 is 0 Å². The molecule has 144 valence electrons. The van der Waals surface area contributed by atoms with Crippen LogP contribution in [0.4, 0.5) is 5.69 Å². The van der Waals surface area contributed by atoms with Crippen LogP contribution in [-0.2, 0) is 19.6 Å². The van der Waals surface area contributed by atoms with E-state index in [4.69, 9.17) is 15.2 Å². The van der Waals surface area contributed by atoms with Gasteiger partial charge in [-0.15, -0.1) is 0 Å². The Bertz CT molecular complexity index is 762. The first kappa shape index (κ1) is 19.1. The number of carbonyl (C=O) groups is 1. The smallest absolute Gasteiger partial charge is 0.246 e. The Balaban J connectivity index is 1.83. The van der Waals surface area contributed by atoms with E-state index in [9.17, 15) is 13.2 Å². The van der Waals surface area contributed by atoms with Crippen molar-refractivity contribution in [3.8, 4) is 5.75 Å². The minimum absolute atomic E-state index is 0.0443. The molecule has 1 aromatic rings. The summed E-state index contributed by atoms with van der Waals surface area (Å²) in [7, 11) is -2.31. The lowest BCUT2D eigenvalue weighted by Gasteiger charge is -2.27. The van der Waals surface area contributed by atoms with E-state index in [-0.39, 0.29) is 28.5 Å². The molecule has 1 heterocycles. The van der Waals surface area contributed by atoms with Gasteiger partial charge >= 0.3 is 0 Å². The third-order valence-electron chi connectivity index (χ3n) is 4.86. The summed E-state index contributed by atoms with van der Waals surface area (Å²) in [6, 6.07) is 4.71. The SMILES string of the molecule is COc1ccc(NC(=O)C2CCC(N)C2)cc1S(=O)(=O)N1CCOCC1. The summed E-state index contributed by atoms with van der Waals surface area (Å²) in [6.07, 6.45) is 2.24. The van der Waals surface area contributed by atoms with E-state index < -0.39 is 10.0 Å². The molecule has 9 heteroatoms. The van der Waals surface area contributed by atoms with Crippen molar-refractivity contribution in [1.82, 2.24) is 4.31 Å². The maximum Gasteiger partial charge on any atom is 0.246 e. The van der Waals surface area contributed by atoms with Crippen molar-refractivity contribution in [2.24, 2.45) is 11.7 Å². The predicted octanol–water partition coefficient (Wildman–Crippen LogP) is 0.782. The van der Waals surface area contributed by atoms with Gasteiger partial charge in [-0.2, -0.15) is 4.31 Å². The Morgan fingerprint density at radius 1 is 1.31 bits per heavy atom. The number of hydrogen-bond acceptors (Lipinski definition) is 6. The van der Waals surface area contributed by atoms with Gasteiger partial charge in [0, 0.05) is 30.7 Å². The van der Waals surface area contributed by atoms with Crippen LogP contribution in [0.25, 0.3) is 0 Å². The number of sulfonamides is 1. The van der Waals surface area contributed by atoms with Crippen LogP contribution in [0.5, 0.6) is 5.75 Å². The van der Waals surface area contributed by atoms with Gasteiger partial charge in [0.05, 0.1) is 20.3 Å². The molecular weight excluding hydrogens is 358 g/mol. The molecule has 1 aromatic carbocycles. The number of benzene rings is 1. The number of ether oxygens (including phenoxy) is 2. The molecule has 0 radical (unpaired) electrons. The minimum Gasteiger partial charge on any atom is -0.495 e. The molecular formula is C17H25N3O5S. The Morgan fingerprint density at radius 3 is 2.65 bits per heavy atom. The Morgan fingerprint density at radius 2 is 2.04 bits per heavy atom. The van der Waals surface area contributed by atoms with Gasteiger partial charge in [0.25, 0.3) is 0 Å². The van der Waals surface area contributed by atoms with Crippen molar-refractivity contribution in [3.05, 3.63) is 18.2 Å². The fraction of sp³-hybridized carbons (Fsp3) is 0.588. The molecule has 2 atom stereocenters. The molecule has 1 aliphatic carbocycles. The quantitative estimate of drug-likeness (QED) is 0.777. The number of rotatable bonds is 5. The summed E-state index contributed by atoms with van der Waals surface area (Å²) in [6.45, 7) is 1.31. The lowest BCUT2D eigenvalue weighted by atomic mass is 10.1. The van der Waals surface area contributed by atoms with E-state index in [1.807, 2.05) is 0 Å². The van der Waals surface area contributed by atoms with E-state index in [0.29, 0.717) is 38.4 Å². The van der Waals surface area contributed by atoms with Crippen LogP contribution in [0.2, 0.25) is 0 Å². The minimum atomic E-state index is -3.73. The van der Waals surface area contributed by atoms with Crippen molar-refractivity contribution in [2.75, 3.05) is 38.7 Å². The standard InChI is InChI=1S/C17H25N3O5S/c1-24-15-5-4-14(19-17(21)12-2-3-13(18)10-12)11-16(15)26(22,23)20-6-8-25-9-7-20/h4-5,11-13H,2-3,6-10,18H2,1H3,(H,19,21). The van der Waals surface area contributed by atoms with Gasteiger partial charge in [0.2, 0.25) is 15.9 Å². The van der Waals surface area contributed by atoms with E-state index in [1.165, 1.54) is 17.5 Å². The Kier molecular flexibility index (Phi) is 5.81. The van der Waals surface area contributed by atoms with E-state index in [2.05, 4.69) is 5.32 Å². The third-order valence-corrected chi connectivity index (χ3v) is 6.78. The van der Waals surface area contributed by atoms with Crippen molar-refractivity contribution in [3.63, 3.8) is 0 Å². The molecule has 0 bridgehead atoms. The van der Waals surface area contributed by atoms with Crippen molar-refractivity contribution < 1.29 is 22.7 Å². The van der Waals surface area contributed by atoms with Crippen LogP contribution in [0, 0.1) is 5.92 Å². The molecule has 3 N–H and O–H groups in total. The average Bonchev–Trinajstić information content (AvgIpc) is 3.09. The number of amides is 1. The van der Waals surface area contributed by atoms with Crippen molar-refractivity contribution >= 4 is 21.6 Å². The average molecular weight is 383 g/mol. The van der Waals surface area contributed by atoms with Gasteiger partial charge in [0.1, 0.15) is 10.6 Å². The summed E-state index contributed by atoms with van der Waals surface area (Å²) in [5, 5.41) is 2.81. The number of nitrogens with zero attached hydrogens (tertiary/aromatic N) is 1. The zero-order valence-electron chi connectivity index (χ0n) is 14.8. The molecule has 0 spiro atoms. The van der Waals surface area contributed by atoms with E-state index in [1.54, 1.807) is 12.1 Å². The Hall–Kier alpha value is -1.68. The van der Waals surface area contributed by atoms with Gasteiger partial charge in [-0.3, -0.25) is 4.79 Å². The topological polar surface area (TPSA) is 111 Å². The van der Waals surface area contributed by atoms with Crippen molar-refractivity contribution in [1.29, 1.82) is 0 Å². The molecule has 2 fully saturated rings. The number of hydrogen-bond donors (Lipinski definition) is 2. The highest BCUT2D eigenvalue weighted by Crippen LogP contribution is 2.31. The first-order valence-corrected chi connectivity index (χ1v) is 10.2. The highest BCUT2D eigenvalue weighted by molar-refractivity contribution is 7.89. The van der Waals surface area contributed by atoms with Crippen LogP contribution in [0.1, 0.15) is 19.3 Å². The number of anilines is 1. The van der Waals surface area contributed by atoms with Crippen LogP contribution in [-0.4, -0.2) is 58.1 Å². The zero-order valence-corrected chi connectivity index (χ0v) is 15.6. The summed E-state index contributed by atoms with van der Waals surface area (Å²) in [4.78, 5) is 12.4. The van der Waals surface area contributed by atoms with Crippen LogP contribution in [0.15, 0.2) is 23.1 Å². The summed E-state index contributed by atoms with van der Waals surface area (Å²) < 4.78 is 37.8. The second-order valence-electron chi connectivity index (χ2n) is 6.64. The molecule has 2 unspecified atom stereocenters. The molecule has 1 aliphatic heterocycles. The zero-order chi connectivity index (χ0) is 18.7. The molecule has 1 saturated heterocycles. The fourth-order valence-electron chi connectivity index (χ4n) is 3.38. The lowest BCUT2D eigenvalue weighted by Crippen LogP contribution is -2.40. The van der Waals surface area contributed by atoms with Gasteiger partial charge in [-0.25, -0.2) is 8.42 Å². The fourth-order valence-corrected chi connectivity index (χ4v) is 4.97. The second kappa shape index (κ2) is 7.91. The maximum atomic E-state index is 13.0. The molecule has 0 aromatic heterocycles. The molecule has 2 aliphatic rings. The monoisotopic (exact) mass is 383 g/mol. The third kappa shape index (κ3) is 4.01. The highest BCUT2D eigenvalue weighted by atomic mass is 32.2. The first-order valence-electron chi connectivity index (χ1n) is 8.74. The molecule has 8 nitrogen and oxygen atoms in total. The maximum absolute atomic E-state index is 13.0. The lowest BCUT2D eigenvalue weighted by molar-refractivity contribution is -0.119. The predicted molar refractivity (Wildman–Crippen MR) is 96.5 cm³/mol. The summed E-state index contributed by atoms with van der Waals surface area (Å²) >= 11 is 0. The first-order chi connectivity index (χ1) is 12.4. The number of morpholine rings is 1. The normalized spacial score (nSPS) is 24.4. The van der Waals surface area contributed by atoms with Crippen LogP contribution < -0.4 is 15.8 Å². The van der Waals surface area contributed by atoms with Gasteiger partial charge in [-0.05, 0) is 37.5 Å². The highest BCUT2D eigenvalue weighted by Gasteiger charge is 2.31. The van der Waals surface area contributed by atoms with Crippen molar-refractivity contribution in [2.45, 2.75) is 30.2 Å².